The van der Waals surface area contributed by atoms with Crippen molar-refractivity contribution in [3.63, 3.8) is 0 Å². The highest BCUT2D eigenvalue weighted by Crippen LogP contribution is 2.30. The molecule has 0 spiro atoms. The van der Waals surface area contributed by atoms with Gasteiger partial charge in [-0.25, -0.2) is 4.74 Å². The molecule has 1 aromatic carbocycles. The first-order chi connectivity index (χ1) is 7.81. The van der Waals surface area contributed by atoms with Gasteiger partial charge in [0.05, 0.1) is 11.8 Å². The van der Waals surface area contributed by atoms with Gasteiger partial charge in [-0.05, 0) is 18.4 Å². The summed E-state index contributed by atoms with van der Waals surface area (Å²) in [7, 11) is 0. The third-order valence-corrected chi connectivity index (χ3v) is 3.18. The average Bonchev–Trinajstić information content (AvgIpc) is 2.69. The van der Waals surface area contributed by atoms with Crippen LogP contribution in [-0.4, -0.2) is 17.5 Å². The van der Waals surface area contributed by atoms with Gasteiger partial charge in [0.15, 0.2) is 12.8 Å². The molecule has 0 amide bonds. The number of hydrogen-bond acceptors (Lipinski definition) is 1. The van der Waals surface area contributed by atoms with Gasteiger partial charge in [-0.15, -0.1) is 6.58 Å². The van der Waals surface area contributed by atoms with Crippen molar-refractivity contribution < 1.29 is 4.74 Å². The minimum atomic E-state index is 0.346. The van der Waals surface area contributed by atoms with Gasteiger partial charge in [-0.2, -0.15) is 0 Å². The van der Waals surface area contributed by atoms with Crippen LogP contribution >= 0.6 is 0 Å². The molecule has 2 rings (SSSR count). The van der Waals surface area contributed by atoms with Crippen molar-refractivity contribution in [2.75, 3.05) is 6.54 Å². The van der Waals surface area contributed by atoms with E-state index >= 15 is 0 Å². The first-order valence-corrected chi connectivity index (χ1v) is 5.76. The summed E-state index contributed by atoms with van der Waals surface area (Å²) in [5.74, 6) is 0.705. The van der Waals surface area contributed by atoms with Crippen LogP contribution in [0.5, 0.6) is 0 Å². The van der Waals surface area contributed by atoms with Crippen LogP contribution < -0.4 is 0 Å². The molecule has 1 heterocycles. The van der Waals surface area contributed by atoms with E-state index in [4.69, 9.17) is 0 Å². The minimum Gasteiger partial charge on any atom is -0.624 e. The molecule has 1 aliphatic rings. The molecule has 0 N–H and O–H groups in total. The molecule has 2 nitrogen and oxygen atoms in total. The van der Waals surface area contributed by atoms with Gasteiger partial charge in [0.2, 0.25) is 0 Å². The first kappa shape index (κ1) is 10.9. The Morgan fingerprint density at radius 3 is 2.81 bits per heavy atom. The summed E-state index contributed by atoms with van der Waals surface area (Å²) in [6.07, 6.45) is 5.73. The molecule has 0 unspecified atom stereocenters. The highest BCUT2D eigenvalue weighted by Gasteiger charge is 2.31. The van der Waals surface area contributed by atoms with E-state index in [2.05, 4.69) is 18.7 Å². The Kier molecular flexibility index (Phi) is 3.40. The van der Waals surface area contributed by atoms with Crippen molar-refractivity contribution in [1.82, 2.24) is 0 Å². The van der Waals surface area contributed by atoms with Crippen LogP contribution in [0.4, 0.5) is 0 Å². The standard InChI is InChI=1S/C14H17NO/c1-2-3-7-13-10-15(16)11-14(13)12-8-5-4-6-9-12/h2,4-6,8-10,13-14H,1,3,7,11H2/t13-,14+/m0/s1. The van der Waals surface area contributed by atoms with Crippen molar-refractivity contribution in [2.45, 2.75) is 18.8 Å². The quantitative estimate of drug-likeness (QED) is 0.431. The van der Waals surface area contributed by atoms with Crippen LogP contribution in [0.15, 0.2) is 43.0 Å². The number of allylic oxidation sites excluding steroid dienone is 1. The van der Waals surface area contributed by atoms with Gasteiger partial charge in [-0.1, -0.05) is 36.4 Å². The molecule has 2 heteroatoms. The Bertz CT molecular complexity index is 383. The summed E-state index contributed by atoms with van der Waals surface area (Å²) in [5, 5.41) is 11.4. The second kappa shape index (κ2) is 4.97. The minimum absolute atomic E-state index is 0.346. The lowest BCUT2D eigenvalue weighted by atomic mass is 9.86. The molecule has 1 aliphatic heterocycles. The Morgan fingerprint density at radius 1 is 1.38 bits per heavy atom. The van der Waals surface area contributed by atoms with Crippen molar-refractivity contribution in [3.05, 3.63) is 53.8 Å². The maximum absolute atomic E-state index is 11.4. The van der Waals surface area contributed by atoms with E-state index in [1.54, 1.807) is 0 Å². The van der Waals surface area contributed by atoms with Crippen molar-refractivity contribution in [1.29, 1.82) is 0 Å². The van der Waals surface area contributed by atoms with Crippen LogP contribution in [0.2, 0.25) is 0 Å². The maximum Gasteiger partial charge on any atom is 0.160 e. The van der Waals surface area contributed by atoms with E-state index in [9.17, 15) is 5.21 Å². The van der Waals surface area contributed by atoms with Gasteiger partial charge < -0.3 is 5.21 Å². The fourth-order valence-electron chi connectivity index (χ4n) is 2.35. The number of hydroxylamine groups is 1. The van der Waals surface area contributed by atoms with Crippen molar-refractivity contribution >= 4 is 6.21 Å². The SMILES string of the molecule is C=CCC[C@H]1C=[N+]([O-])C[C@@H]1c1ccccc1. The van der Waals surface area contributed by atoms with E-state index in [0.29, 0.717) is 18.4 Å². The zero-order valence-electron chi connectivity index (χ0n) is 9.38. The van der Waals surface area contributed by atoms with E-state index in [1.807, 2.05) is 30.5 Å². The molecular formula is C14H17NO. The van der Waals surface area contributed by atoms with Crippen LogP contribution in [0, 0.1) is 11.1 Å². The Hall–Kier alpha value is -1.57. The molecule has 0 saturated heterocycles. The zero-order chi connectivity index (χ0) is 11.4. The molecule has 2 atom stereocenters. The molecule has 0 bridgehead atoms. The number of nitrogens with zero attached hydrogens (tertiary/aromatic N) is 1. The summed E-state index contributed by atoms with van der Waals surface area (Å²) < 4.78 is 1.07. The monoisotopic (exact) mass is 215 g/mol. The lowest BCUT2D eigenvalue weighted by molar-refractivity contribution is -0.446. The fourth-order valence-corrected chi connectivity index (χ4v) is 2.35. The Balaban J connectivity index is 2.12. The molecule has 1 aromatic rings. The highest BCUT2D eigenvalue weighted by atomic mass is 16.5. The number of benzene rings is 1. The van der Waals surface area contributed by atoms with Crippen LogP contribution in [0.3, 0.4) is 0 Å². The summed E-state index contributed by atoms with van der Waals surface area (Å²) in [6.45, 7) is 4.32. The topological polar surface area (TPSA) is 26.1 Å². The normalized spacial score (nSPS) is 24.1. The third-order valence-electron chi connectivity index (χ3n) is 3.18. The van der Waals surface area contributed by atoms with Crippen LogP contribution in [0.25, 0.3) is 0 Å². The molecular weight excluding hydrogens is 198 g/mol. The second-order valence-electron chi connectivity index (χ2n) is 4.30. The lowest BCUT2D eigenvalue weighted by Gasteiger charge is -2.14. The molecule has 0 fully saturated rings. The van der Waals surface area contributed by atoms with Crippen LogP contribution in [-0.2, 0) is 0 Å². The molecule has 0 aliphatic carbocycles. The third kappa shape index (κ3) is 2.32. The van der Waals surface area contributed by atoms with Crippen LogP contribution in [0.1, 0.15) is 24.3 Å². The van der Waals surface area contributed by atoms with Gasteiger partial charge in [0.25, 0.3) is 0 Å². The molecule has 0 radical (unpaired) electrons. The molecule has 16 heavy (non-hydrogen) atoms. The Morgan fingerprint density at radius 2 is 2.12 bits per heavy atom. The maximum atomic E-state index is 11.4. The van der Waals surface area contributed by atoms with E-state index in [0.717, 1.165) is 17.6 Å². The molecule has 0 saturated carbocycles. The molecule has 84 valence electrons. The fraction of sp³-hybridized carbons (Fsp3) is 0.357. The van der Waals surface area contributed by atoms with Gasteiger partial charge in [-0.3, -0.25) is 0 Å². The zero-order valence-corrected chi connectivity index (χ0v) is 9.38. The van der Waals surface area contributed by atoms with Crippen molar-refractivity contribution in [2.24, 2.45) is 5.92 Å². The van der Waals surface area contributed by atoms with Crippen molar-refractivity contribution in [3.8, 4) is 0 Å². The number of rotatable bonds is 4. The average molecular weight is 215 g/mol. The smallest absolute Gasteiger partial charge is 0.160 e. The summed E-state index contributed by atoms with van der Waals surface area (Å²) in [6, 6.07) is 10.3. The van der Waals surface area contributed by atoms with Gasteiger partial charge in [0.1, 0.15) is 0 Å². The van der Waals surface area contributed by atoms with E-state index in [1.165, 1.54) is 5.56 Å². The summed E-state index contributed by atoms with van der Waals surface area (Å²) in [5.41, 5.74) is 1.27. The second-order valence-corrected chi connectivity index (χ2v) is 4.30. The molecule has 0 aromatic heterocycles. The van der Waals surface area contributed by atoms with Gasteiger partial charge >= 0.3 is 0 Å². The summed E-state index contributed by atoms with van der Waals surface area (Å²) in [4.78, 5) is 0. The van der Waals surface area contributed by atoms with E-state index in [-0.39, 0.29) is 0 Å². The largest absolute Gasteiger partial charge is 0.624 e. The Labute approximate surface area is 96.5 Å². The first-order valence-electron chi connectivity index (χ1n) is 5.76. The summed E-state index contributed by atoms with van der Waals surface area (Å²) >= 11 is 0. The number of hydrogen-bond donors (Lipinski definition) is 0. The lowest BCUT2D eigenvalue weighted by Crippen LogP contribution is -2.12. The predicted molar refractivity (Wildman–Crippen MR) is 66.7 cm³/mol. The van der Waals surface area contributed by atoms with E-state index < -0.39 is 0 Å². The predicted octanol–water partition coefficient (Wildman–Crippen LogP) is 2.95. The highest BCUT2D eigenvalue weighted by molar-refractivity contribution is 5.59. The van der Waals surface area contributed by atoms with Gasteiger partial charge in [0, 0.05) is 0 Å².